The number of nitrogens with one attached hydrogen (secondary N) is 1. The van der Waals surface area contributed by atoms with Gasteiger partial charge in [0.15, 0.2) is 0 Å². The molecule has 1 amide bonds. The summed E-state index contributed by atoms with van der Waals surface area (Å²) in [5.74, 6) is -1.05. The van der Waals surface area contributed by atoms with Crippen molar-refractivity contribution in [1.82, 2.24) is 10.2 Å². The average molecular weight is 497 g/mol. The molecule has 2 N–H and O–H groups in total. The molecule has 35 heavy (non-hydrogen) atoms. The van der Waals surface area contributed by atoms with Crippen LogP contribution >= 0.6 is 0 Å². The Labute approximate surface area is 225 Å². The molecular formula is C26H28F3N2NaO3. The Hall–Kier alpha value is -1.87. The summed E-state index contributed by atoms with van der Waals surface area (Å²) in [6.45, 7) is 1.16. The van der Waals surface area contributed by atoms with Crippen LogP contribution in [-0.4, -0.2) is 34.5 Å². The Kier molecular flexibility index (Phi) is 7.14. The molecule has 0 unspecified atom stereocenters. The van der Waals surface area contributed by atoms with E-state index in [1.807, 2.05) is 0 Å². The molecule has 0 radical (unpaired) electrons. The number of carboxylic acid groups (broad SMARTS) is 1. The minimum absolute atomic E-state index is 0. The molecule has 2 aromatic carbocycles. The van der Waals surface area contributed by atoms with Gasteiger partial charge in [0.25, 0.3) is 0 Å². The molecular weight excluding hydrogens is 468 g/mol. The SMILES string of the molecule is O=C(O)c1ccc(C2(NC(=O)[C@H]3CC4(CCN3Cc3ccc(C(F)(F)F)cc3)CC4)CC2)cc1.[H-].[Na+]. The fourth-order valence-corrected chi connectivity index (χ4v) is 5.15. The van der Waals surface area contributed by atoms with Gasteiger partial charge in [0.1, 0.15) is 0 Å². The molecule has 1 atom stereocenters. The van der Waals surface area contributed by atoms with E-state index in [0.29, 0.717) is 6.54 Å². The van der Waals surface area contributed by atoms with E-state index in [2.05, 4.69) is 10.2 Å². The van der Waals surface area contributed by atoms with Crippen molar-refractivity contribution in [1.29, 1.82) is 0 Å². The van der Waals surface area contributed by atoms with Gasteiger partial charge in [-0.3, -0.25) is 9.69 Å². The second-order valence-electron chi connectivity index (χ2n) is 10.1. The van der Waals surface area contributed by atoms with Crippen LogP contribution in [0, 0.1) is 5.41 Å². The Morgan fingerprint density at radius 3 is 2.14 bits per heavy atom. The number of rotatable bonds is 6. The molecule has 1 aliphatic heterocycles. The van der Waals surface area contributed by atoms with Gasteiger partial charge in [-0.25, -0.2) is 4.79 Å². The zero-order valence-corrected chi connectivity index (χ0v) is 21.7. The fourth-order valence-electron chi connectivity index (χ4n) is 5.15. The van der Waals surface area contributed by atoms with Crippen molar-refractivity contribution in [3.8, 4) is 0 Å². The van der Waals surface area contributed by atoms with Gasteiger partial charge < -0.3 is 11.8 Å². The van der Waals surface area contributed by atoms with Gasteiger partial charge in [0, 0.05) is 6.54 Å². The molecule has 5 nitrogen and oxygen atoms in total. The van der Waals surface area contributed by atoms with Crippen LogP contribution in [0.1, 0.15) is 67.0 Å². The Morgan fingerprint density at radius 2 is 1.63 bits per heavy atom. The summed E-state index contributed by atoms with van der Waals surface area (Å²) in [7, 11) is 0. The normalized spacial score (nSPS) is 22.2. The van der Waals surface area contributed by atoms with Crippen LogP contribution in [0.25, 0.3) is 0 Å². The largest absolute Gasteiger partial charge is 1.00 e. The van der Waals surface area contributed by atoms with Crippen LogP contribution in [0.2, 0.25) is 0 Å². The van der Waals surface area contributed by atoms with E-state index < -0.39 is 23.2 Å². The topological polar surface area (TPSA) is 69.6 Å². The van der Waals surface area contributed by atoms with Gasteiger partial charge in [-0.1, -0.05) is 24.3 Å². The Bertz CT molecular complexity index is 1100. The minimum Gasteiger partial charge on any atom is -1.00 e. The smallest absolute Gasteiger partial charge is 1.00 e. The first kappa shape index (κ1) is 26.2. The first-order valence-electron chi connectivity index (χ1n) is 11.7. The van der Waals surface area contributed by atoms with Gasteiger partial charge in [-0.15, -0.1) is 0 Å². The maximum atomic E-state index is 13.5. The second-order valence-corrected chi connectivity index (χ2v) is 10.1. The summed E-state index contributed by atoms with van der Waals surface area (Å²) in [4.78, 5) is 26.7. The Morgan fingerprint density at radius 1 is 1.00 bits per heavy atom. The molecule has 0 bridgehead atoms. The van der Waals surface area contributed by atoms with Crippen LogP contribution in [-0.2, 0) is 23.1 Å². The van der Waals surface area contributed by atoms with Crippen LogP contribution < -0.4 is 34.9 Å². The number of carbonyl (C=O) groups excluding carboxylic acids is 1. The first-order chi connectivity index (χ1) is 16.1. The average Bonchev–Trinajstić information content (AvgIpc) is 3.73. The molecule has 2 saturated carbocycles. The zero-order chi connectivity index (χ0) is 24.1. The third-order valence-electron chi connectivity index (χ3n) is 7.72. The van der Waals surface area contributed by atoms with Crippen LogP contribution in [0.4, 0.5) is 13.2 Å². The van der Waals surface area contributed by atoms with E-state index in [-0.39, 0.29) is 53.9 Å². The standard InChI is InChI=1S/C26H27F3N2O3.Na.H/c27-26(28,29)20-5-1-17(2-6-20)16-31-14-13-24(9-10-24)15-21(31)22(32)30-25(11-12-25)19-7-3-18(4-8-19)23(33)34;;/h1-8,21H,9-16H2,(H,30,32)(H,33,34);;/q;+1;-1/t21-;;/m1../s1. The van der Waals surface area contributed by atoms with Crippen molar-refractivity contribution in [2.75, 3.05) is 6.54 Å². The van der Waals surface area contributed by atoms with E-state index in [9.17, 15) is 22.8 Å². The summed E-state index contributed by atoms with van der Waals surface area (Å²) in [6, 6.07) is 11.5. The van der Waals surface area contributed by atoms with Crippen molar-refractivity contribution in [2.24, 2.45) is 5.41 Å². The van der Waals surface area contributed by atoms with Crippen LogP contribution in [0.15, 0.2) is 48.5 Å². The second kappa shape index (κ2) is 9.54. The van der Waals surface area contributed by atoms with Crippen molar-refractivity contribution < 1.29 is 58.9 Å². The summed E-state index contributed by atoms with van der Waals surface area (Å²) >= 11 is 0. The van der Waals surface area contributed by atoms with Gasteiger partial charge >= 0.3 is 41.7 Å². The molecule has 1 heterocycles. The minimum atomic E-state index is -4.37. The van der Waals surface area contributed by atoms with Gasteiger partial charge in [0.05, 0.1) is 22.7 Å². The molecule has 3 aliphatic rings. The van der Waals surface area contributed by atoms with E-state index in [4.69, 9.17) is 5.11 Å². The summed E-state index contributed by atoms with van der Waals surface area (Å²) in [6.07, 6.45) is 1.21. The van der Waals surface area contributed by atoms with E-state index >= 15 is 0 Å². The Balaban J connectivity index is 0.00000180. The molecule has 1 saturated heterocycles. The van der Waals surface area contributed by atoms with Gasteiger partial charge in [0.2, 0.25) is 5.91 Å². The molecule has 2 aliphatic carbocycles. The molecule has 0 aromatic heterocycles. The number of nitrogens with zero attached hydrogens (tertiary/aromatic N) is 1. The van der Waals surface area contributed by atoms with Gasteiger partial charge in [-0.05, 0) is 85.9 Å². The zero-order valence-electron chi connectivity index (χ0n) is 20.7. The quantitative estimate of drug-likeness (QED) is 0.601. The molecule has 1 spiro atoms. The van der Waals surface area contributed by atoms with E-state index in [0.717, 1.165) is 68.3 Å². The number of benzene rings is 2. The van der Waals surface area contributed by atoms with Crippen molar-refractivity contribution in [3.63, 3.8) is 0 Å². The third-order valence-corrected chi connectivity index (χ3v) is 7.72. The van der Waals surface area contributed by atoms with Crippen molar-refractivity contribution in [2.45, 2.75) is 62.8 Å². The molecule has 182 valence electrons. The van der Waals surface area contributed by atoms with Crippen molar-refractivity contribution >= 4 is 11.9 Å². The molecule has 3 fully saturated rings. The first-order valence-corrected chi connectivity index (χ1v) is 11.7. The number of carboxylic acids is 1. The van der Waals surface area contributed by atoms with Crippen molar-refractivity contribution in [3.05, 3.63) is 70.8 Å². The number of piperidine rings is 1. The molecule has 2 aromatic rings. The van der Waals surface area contributed by atoms with E-state index in [1.165, 1.54) is 12.1 Å². The summed E-state index contributed by atoms with van der Waals surface area (Å²) in [5.41, 5.74) is 0.933. The maximum Gasteiger partial charge on any atom is 1.00 e. The predicted octanol–water partition coefficient (Wildman–Crippen LogP) is 2.07. The summed E-state index contributed by atoms with van der Waals surface area (Å²) < 4.78 is 38.7. The maximum absolute atomic E-state index is 13.5. The van der Waals surface area contributed by atoms with Gasteiger partial charge in [-0.2, -0.15) is 13.2 Å². The fraction of sp³-hybridized carbons (Fsp3) is 0.462. The number of carbonyl (C=O) groups is 2. The number of aromatic carboxylic acids is 1. The number of halogens is 3. The number of likely N-dealkylation sites (tertiary alicyclic amines) is 1. The monoisotopic (exact) mass is 496 g/mol. The van der Waals surface area contributed by atoms with Crippen LogP contribution in [0.3, 0.4) is 0 Å². The third kappa shape index (κ3) is 5.61. The molecule has 5 rings (SSSR count). The summed E-state index contributed by atoms with van der Waals surface area (Å²) in [5, 5.41) is 12.4. The van der Waals surface area contributed by atoms with E-state index in [1.54, 1.807) is 24.3 Å². The number of hydrogen-bond donors (Lipinski definition) is 2. The predicted molar refractivity (Wildman–Crippen MR) is 120 cm³/mol. The van der Waals surface area contributed by atoms with Crippen LogP contribution in [0.5, 0.6) is 0 Å². The number of hydrogen-bond acceptors (Lipinski definition) is 3. The number of alkyl halides is 3. The molecule has 9 heteroatoms. The number of amides is 1.